The van der Waals surface area contributed by atoms with Gasteiger partial charge in [-0.1, -0.05) is 13.3 Å². The van der Waals surface area contributed by atoms with E-state index in [2.05, 4.69) is 0 Å². The summed E-state index contributed by atoms with van der Waals surface area (Å²) in [5.74, 6) is -1.77. The van der Waals surface area contributed by atoms with Crippen LogP contribution in [0.1, 0.15) is 32.6 Å². The normalized spacial score (nSPS) is 12.1. The zero-order valence-electron chi connectivity index (χ0n) is 8.23. The van der Waals surface area contributed by atoms with Gasteiger partial charge >= 0.3 is 11.9 Å². The Morgan fingerprint density at radius 3 is 2.57 bits per heavy atom. The number of aliphatic carboxylic acids is 1. The number of aliphatic hydroxyl groups is 1. The fraction of sp³-hybridized carbons (Fsp3) is 0.778. The fourth-order valence-electron chi connectivity index (χ4n) is 0.791. The third kappa shape index (κ3) is 6.42. The zero-order chi connectivity index (χ0) is 11.0. The predicted molar refractivity (Wildman–Crippen MR) is 48.7 cm³/mol. The number of unbranched alkanes of at least 4 members (excludes halogenated alkanes) is 1. The van der Waals surface area contributed by atoms with Crippen molar-refractivity contribution in [1.82, 2.24) is 0 Å². The Labute approximate surface area is 82.7 Å². The molecule has 14 heavy (non-hydrogen) atoms. The van der Waals surface area contributed by atoms with Crippen LogP contribution in [-0.4, -0.2) is 34.9 Å². The third-order valence-electron chi connectivity index (χ3n) is 1.65. The maximum Gasteiger partial charge on any atom is 0.334 e. The van der Waals surface area contributed by atoms with Gasteiger partial charge in [-0.15, -0.1) is 0 Å². The van der Waals surface area contributed by atoms with Gasteiger partial charge in [-0.3, -0.25) is 4.79 Å². The van der Waals surface area contributed by atoms with E-state index in [0.29, 0.717) is 0 Å². The Morgan fingerprint density at radius 1 is 1.43 bits per heavy atom. The Kier molecular flexibility index (Phi) is 6.74. The second-order valence-electron chi connectivity index (χ2n) is 2.97. The molecule has 0 spiro atoms. The molecule has 0 aliphatic heterocycles. The smallest absolute Gasteiger partial charge is 0.334 e. The maximum absolute atomic E-state index is 11.0. The monoisotopic (exact) mass is 204 g/mol. The van der Waals surface area contributed by atoms with Gasteiger partial charge in [-0.2, -0.15) is 0 Å². The average Bonchev–Trinajstić information content (AvgIpc) is 2.14. The van der Waals surface area contributed by atoms with Crippen molar-refractivity contribution in [2.24, 2.45) is 0 Å². The lowest BCUT2D eigenvalue weighted by molar-refractivity contribution is -0.154. The van der Waals surface area contributed by atoms with Crippen molar-refractivity contribution in [2.45, 2.75) is 38.7 Å². The molecule has 0 fully saturated rings. The second-order valence-corrected chi connectivity index (χ2v) is 2.97. The molecule has 0 rings (SSSR count). The molecule has 0 aliphatic carbocycles. The molecule has 5 nitrogen and oxygen atoms in total. The van der Waals surface area contributed by atoms with Crippen LogP contribution < -0.4 is 0 Å². The van der Waals surface area contributed by atoms with Crippen molar-refractivity contribution in [3.63, 3.8) is 0 Å². The molecule has 0 saturated heterocycles. The number of carbonyl (C=O) groups excluding carboxylic acids is 1. The number of hydrogen-bond acceptors (Lipinski definition) is 4. The molecule has 0 radical (unpaired) electrons. The molecule has 82 valence electrons. The number of esters is 1. The Bertz CT molecular complexity index is 190. The van der Waals surface area contributed by atoms with E-state index < -0.39 is 18.0 Å². The Balaban J connectivity index is 3.59. The molecular formula is C9H16O5. The van der Waals surface area contributed by atoms with Gasteiger partial charge in [0, 0.05) is 6.42 Å². The molecular weight excluding hydrogens is 188 g/mol. The zero-order valence-corrected chi connectivity index (χ0v) is 8.23. The summed E-state index contributed by atoms with van der Waals surface area (Å²) in [5.41, 5.74) is 0. The van der Waals surface area contributed by atoms with Crippen molar-refractivity contribution in [3.8, 4) is 0 Å². The molecule has 0 aliphatic rings. The first-order chi connectivity index (χ1) is 6.57. The minimum Gasteiger partial charge on any atom is -0.481 e. The van der Waals surface area contributed by atoms with Gasteiger partial charge in [0.05, 0.1) is 6.61 Å². The minimum atomic E-state index is -1.32. The van der Waals surface area contributed by atoms with E-state index in [0.717, 1.165) is 12.8 Å². The number of rotatable bonds is 7. The number of carboxylic acids is 1. The predicted octanol–water partition coefficient (Wildman–Crippen LogP) is 0.555. The van der Waals surface area contributed by atoms with Gasteiger partial charge in [-0.25, -0.2) is 4.79 Å². The summed E-state index contributed by atoms with van der Waals surface area (Å²) in [7, 11) is 0. The first-order valence-corrected chi connectivity index (χ1v) is 4.64. The van der Waals surface area contributed by atoms with Crippen molar-refractivity contribution in [2.75, 3.05) is 6.61 Å². The highest BCUT2D eigenvalue weighted by Crippen LogP contribution is 2.00. The number of carboxylic acid groups (broad SMARTS) is 1. The van der Waals surface area contributed by atoms with Gasteiger partial charge in [0.2, 0.25) is 0 Å². The lowest BCUT2D eigenvalue weighted by Gasteiger charge is -2.08. The maximum atomic E-state index is 11.0. The van der Waals surface area contributed by atoms with E-state index >= 15 is 0 Å². The number of ether oxygens (including phenoxy) is 1. The van der Waals surface area contributed by atoms with Crippen LogP contribution in [0.25, 0.3) is 0 Å². The summed E-state index contributed by atoms with van der Waals surface area (Å²) in [4.78, 5) is 21.1. The van der Waals surface area contributed by atoms with Crippen LogP contribution in [0.5, 0.6) is 0 Å². The highest BCUT2D eigenvalue weighted by Gasteiger charge is 2.17. The molecule has 5 heteroatoms. The summed E-state index contributed by atoms with van der Waals surface area (Å²) in [6.07, 6.45) is 0.00296. The highest BCUT2D eigenvalue weighted by molar-refractivity contribution is 5.75. The average molecular weight is 204 g/mol. The molecule has 0 heterocycles. The fourth-order valence-corrected chi connectivity index (χ4v) is 0.791. The van der Waals surface area contributed by atoms with E-state index in [9.17, 15) is 9.59 Å². The van der Waals surface area contributed by atoms with Crippen LogP contribution in [0.2, 0.25) is 0 Å². The number of aliphatic hydroxyl groups excluding tert-OH is 1. The van der Waals surface area contributed by atoms with E-state index in [-0.39, 0.29) is 19.4 Å². The summed E-state index contributed by atoms with van der Waals surface area (Å²) >= 11 is 0. The number of carbonyl (C=O) groups is 2. The van der Waals surface area contributed by atoms with E-state index in [1.54, 1.807) is 0 Å². The molecule has 0 aromatic carbocycles. The highest BCUT2D eigenvalue weighted by atomic mass is 16.5. The summed E-state index contributed by atoms with van der Waals surface area (Å²) < 4.78 is 4.69. The molecule has 0 saturated carbocycles. The molecule has 0 bridgehead atoms. The van der Waals surface area contributed by atoms with Crippen LogP contribution in [0.3, 0.4) is 0 Å². The van der Waals surface area contributed by atoms with Crippen LogP contribution in [0.4, 0.5) is 0 Å². The van der Waals surface area contributed by atoms with Gasteiger partial charge < -0.3 is 14.9 Å². The van der Waals surface area contributed by atoms with Gasteiger partial charge in [-0.05, 0) is 12.8 Å². The third-order valence-corrected chi connectivity index (χ3v) is 1.65. The van der Waals surface area contributed by atoms with E-state index in [1.807, 2.05) is 6.92 Å². The van der Waals surface area contributed by atoms with Gasteiger partial charge in [0.25, 0.3) is 0 Å². The van der Waals surface area contributed by atoms with Crippen molar-refractivity contribution in [3.05, 3.63) is 0 Å². The minimum absolute atomic E-state index is 0.0969. The Morgan fingerprint density at radius 2 is 2.07 bits per heavy atom. The van der Waals surface area contributed by atoms with Crippen LogP contribution >= 0.6 is 0 Å². The summed E-state index contributed by atoms with van der Waals surface area (Å²) in [6, 6.07) is 0. The van der Waals surface area contributed by atoms with Gasteiger partial charge in [0.15, 0.2) is 6.10 Å². The molecule has 0 amide bonds. The van der Waals surface area contributed by atoms with E-state index in [4.69, 9.17) is 14.9 Å². The van der Waals surface area contributed by atoms with Crippen molar-refractivity contribution in [1.29, 1.82) is 0 Å². The van der Waals surface area contributed by atoms with Crippen molar-refractivity contribution < 1.29 is 24.5 Å². The summed E-state index contributed by atoms with van der Waals surface area (Å²) in [6.45, 7) is 2.23. The van der Waals surface area contributed by atoms with E-state index in [1.165, 1.54) is 0 Å². The molecule has 0 aromatic rings. The SMILES string of the molecule is CCCCOC(=O)[C@H](O)CCC(=O)O. The van der Waals surface area contributed by atoms with Crippen molar-refractivity contribution >= 4 is 11.9 Å². The quantitative estimate of drug-likeness (QED) is 0.467. The van der Waals surface area contributed by atoms with Crippen LogP contribution in [0.15, 0.2) is 0 Å². The summed E-state index contributed by atoms with van der Waals surface area (Å²) in [5, 5.41) is 17.4. The largest absolute Gasteiger partial charge is 0.481 e. The second kappa shape index (κ2) is 7.32. The number of hydrogen-bond donors (Lipinski definition) is 2. The molecule has 0 aromatic heterocycles. The standard InChI is InChI=1S/C9H16O5/c1-2-3-6-14-9(13)7(10)4-5-8(11)12/h7,10H,2-6H2,1H3,(H,11,12)/t7-/m1/s1. The lowest BCUT2D eigenvalue weighted by atomic mass is 10.2. The first kappa shape index (κ1) is 12.9. The lowest BCUT2D eigenvalue weighted by Crippen LogP contribution is -2.24. The molecule has 1 atom stereocenters. The molecule has 0 unspecified atom stereocenters. The topological polar surface area (TPSA) is 83.8 Å². The first-order valence-electron chi connectivity index (χ1n) is 4.64. The molecule has 2 N–H and O–H groups in total. The van der Waals surface area contributed by atoms with Gasteiger partial charge in [0.1, 0.15) is 0 Å². The Hall–Kier alpha value is -1.10. The van der Waals surface area contributed by atoms with Crippen LogP contribution in [-0.2, 0) is 14.3 Å². The van der Waals surface area contributed by atoms with Crippen LogP contribution in [0, 0.1) is 0 Å².